The summed E-state index contributed by atoms with van der Waals surface area (Å²) in [6.07, 6.45) is 0.613. The minimum atomic E-state index is -0.981. The molecule has 24 nitrogen and oxygen atoms in total. The summed E-state index contributed by atoms with van der Waals surface area (Å²) in [4.78, 5) is 88.6. The van der Waals surface area contributed by atoms with Crippen LogP contribution in [-0.4, -0.2) is 150 Å². The Hall–Kier alpha value is -5.06. The van der Waals surface area contributed by atoms with E-state index in [4.69, 9.17) is 20.4 Å². The molecule has 0 aliphatic rings. The molecule has 0 heterocycles. The van der Waals surface area contributed by atoms with Crippen LogP contribution in [0, 0.1) is 0 Å². The van der Waals surface area contributed by atoms with Crippen molar-refractivity contribution < 1.29 is 96.7 Å². The molecule has 0 spiro atoms. The van der Waals surface area contributed by atoms with Gasteiger partial charge in [0.15, 0.2) is 20.1 Å². The van der Waals surface area contributed by atoms with E-state index in [1.807, 2.05) is 0 Å². The maximum atomic E-state index is 11.2. The van der Waals surface area contributed by atoms with Gasteiger partial charge in [-0.3, -0.25) is 0 Å². The van der Waals surface area contributed by atoms with Crippen LogP contribution in [0.2, 0.25) is 0 Å². The van der Waals surface area contributed by atoms with Gasteiger partial charge in [-0.2, -0.15) is 9.98 Å². The molecule has 24 heteroatoms. The summed E-state index contributed by atoms with van der Waals surface area (Å²) in [6, 6.07) is 0. The molecule has 0 aliphatic heterocycles. The predicted octanol–water partition coefficient (Wildman–Crippen LogP) is -2.21. The number of esters is 4. The number of hydrogen-bond donors (Lipinski definition) is 6. The highest BCUT2D eigenvalue weighted by Crippen LogP contribution is 1.87. The lowest BCUT2D eigenvalue weighted by Crippen LogP contribution is -2.38. The topological polar surface area (TPSA) is 340 Å². The van der Waals surface area contributed by atoms with E-state index in [2.05, 4.69) is 58.5 Å². The van der Waals surface area contributed by atoms with Crippen LogP contribution < -0.4 is 10.6 Å². The molecule has 6 N–H and O–H groups in total. The zero-order chi connectivity index (χ0) is 34.4. The average Bonchev–Trinajstić information content (AvgIpc) is 3.00. The molecule has 0 radical (unpaired) electrons. The lowest BCUT2D eigenvalue weighted by molar-refractivity contribution is -0.172. The van der Waals surface area contributed by atoms with Crippen LogP contribution >= 0.6 is 0 Å². The smallest absolute Gasteiger partial charge is 0.410 e. The van der Waals surface area contributed by atoms with E-state index in [1.165, 1.54) is 26.4 Å². The van der Waals surface area contributed by atoms with Crippen molar-refractivity contribution >= 4 is 48.2 Å². The van der Waals surface area contributed by atoms with Crippen LogP contribution in [-0.2, 0) is 66.7 Å². The third-order valence-electron chi connectivity index (χ3n) is 2.76. The second-order valence-corrected chi connectivity index (χ2v) is 5.78. The van der Waals surface area contributed by atoms with Gasteiger partial charge in [-0.1, -0.05) is 29.7 Å². The van der Waals surface area contributed by atoms with Crippen molar-refractivity contribution in [3.05, 3.63) is 0 Å². The maximum absolute atomic E-state index is 11.2. The minimum Gasteiger partial charge on any atom is -0.438 e. The van der Waals surface area contributed by atoms with Gasteiger partial charge in [0, 0.05) is 14.2 Å². The second-order valence-electron chi connectivity index (χ2n) is 5.78. The van der Waals surface area contributed by atoms with Gasteiger partial charge in [-0.15, -0.1) is 0 Å². The second kappa shape index (κ2) is 51.5. The van der Waals surface area contributed by atoms with Crippen LogP contribution in [0.1, 0.15) is 29.7 Å². The zero-order valence-electron chi connectivity index (χ0n) is 23.3. The number of aliphatic hydroxyl groups excluding tert-OH is 3. The Morgan fingerprint density at radius 2 is 0.938 bits per heavy atom. The Labute approximate surface area is 276 Å². The molecule has 0 aromatic rings. The van der Waals surface area contributed by atoms with E-state index >= 15 is 0 Å². The number of nitrogens with one attached hydrogen (secondary N) is 2. The van der Waals surface area contributed by atoms with E-state index < -0.39 is 76.3 Å². The Balaban J connectivity index is -0.0000000894. The molecule has 0 aromatic heterocycles. The van der Waals surface area contributed by atoms with Crippen molar-refractivity contribution in [1.82, 2.24) is 10.6 Å². The number of isocyanates is 2. The summed E-state index contributed by atoms with van der Waals surface area (Å²) in [5, 5.41) is 34.7. The number of nitrogens with zero attached hydrogens (tertiary/aromatic N) is 2. The Morgan fingerprint density at radius 3 is 1.29 bits per heavy atom. The molecule has 0 saturated carbocycles. The highest BCUT2D eigenvalue weighted by Gasteiger charge is 2.10. The van der Waals surface area contributed by atoms with Crippen LogP contribution in [0.3, 0.4) is 0 Å². The quantitative estimate of drug-likeness (QED) is 0.0325. The van der Waals surface area contributed by atoms with Gasteiger partial charge in [0.1, 0.15) is 26.6 Å². The van der Waals surface area contributed by atoms with Crippen molar-refractivity contribution in [2.45, 2.75) is 29.7 Å². The maximum Gasteiger partial charge on any atom is 0.410 e. The SMILES string of the molecule is C.C.C.C.COCOC(=O)NCNC(=O)OCC(=O)OCOC(=O)COC.O=C(CO)OCOC(=O)CO.O=C=NCN=C=O.OCO. The third kappa shape index (κ3) is 60.2. The first-order valence-electron chi connectivity index (χ1n) is 10.9. The predicted molar refractivity (Wildman–Crippen MR) is 158 cm³/mol. The number of amides is 2. The van der Waals surface area contributed by atoms with Crippen molar-refractivity contribution in [1.29, 1.82) is 0 Å². The van der Waals surface area contributed by atoms with Gasteiger partial charge in [0.2, 0.25) is 25.7 Å². The first-order chi connectivity index (χ1) is 21.0. The number of rotatable bonds is 16. The zero-order valence-corrected chi connectivity index (χ0v) is 23.3. The van der Waals surface area contributed by atoms with E-state index in [1.54, 1.807) is 0 Å². The summed E-state index contributed by atoms with van der Waals surface area (Å²) in [7, 11) is 2.63. The molecular formula is C24H48N4O20. The van der Waals surface area contributed by atoms with E-state index in [-0.39, 0.29) is 56.4 Å². The molecule has 0 saturated heterocycles. The van der Waals surface area contributed by atoms with Crippen molar-refractivity contribution in [3.63, 3.8) is 0 Å². The Morgan fingerprint density at radius 1 is 0.562 bits per heavy atom. The summed E-state index contributed by atoms with van der Waals surface area (Å²) in [5.41, 5.74) is 0. The van der Waals surface area contributed by atoms with E-state index in [0.717, 1.165) is 0 Å². The van der Waals surface area contributed by atoms with Crippen LogP contribution in [0.4, 0.5) is 9.59 Å². The van der Waals surface area contributed by atoms with Crippen molar-refractivity contribution in [2.24, 2.45) is 9.98 Å². The fourth-order valence-corrected chi connectivity index (χ4v) is 1.23. The molecule has 284 valence electrons. The van der Waals surface area contributed by atoms with Crippen LogP contribution in [0.25, 0.3) is 0 Å². The van der Waals surface area contributed by atoms with Gasteiger partial charge < -0.3 is 69.0 Å². The van der Waals surface area contributed by atoms with Gasteiger partial charge >= 0.3 is 36.1 Å². The molecule has 0 bridgehead atoms. The van der Waals surface area contributed by atoms with Gasteiger partial charge in [-0.05, 0) is 0 Å². The van der Waals surface area contributed by atoms with Crippen LogP contribution in [0.5, 0.6) is 0 Å². The number of ether oxygens (including phenoxy) is 8. The highest BCUT2D eigenvalue weighted by atomic mass is 16.7. The normalized spacial score (nSPS) is 7.79. The first-order valence-corrected chi connectivity index (χ1v) is 10.9. The summed E-state index contributed by atoms with van der Waals surface area (Å²) in [6.45, 7) is -5.17. The average molecular weight is 713 g/mol. The fraction of sp³-hybridized carbons (Fsp3) is 0.667. The minimum absolute atomic E-state index is 0. The fourth-order valence-electron chi connectivity index (χ4n) is 1.23. The summed E-state index contributed by atoms with van der Waals surface area (Å²) in [5.74, 6) is -3.44. The lowest BCUT2D eigenvalue weighted by atomic mass is 10.7. The Kier molecular flexibility index (Phi) is 66.4. The summed E-state index contributed by atoms with van der Waals surface area (Å²) < 4.78 is 35.0. The summed E-state index contributed by atoms with van der Waals surface area (Å²) >= 11 is 0. The molecule has 0 rings (SSSR count). The van der Waals surface area contributed by atoms with Crippen molar-refractivity contribution in [2.75, 3.05) is 81.2 Å². The Bertz CT molecular complexity index is 876. The van der Waals surface area contributed by atoms with E-state index in [9.17, 15) is 38.4 Å². The molecular weight excluding hydrogens is 664 g/mol. The number of hydrogen-bond acceptors (Lipinski definition) is 22. The highest BCUT2D eigenvalue weighted by molar-refractivity contribution is 5.76. The van der Waals surface area contributed by atoms with Crippen LogP contribution in [0.15, 0.2) is 9.98 Å². The van der Waals surface area contributed by atoms with Gasteiger partial charge in [0.25, 0.3) is 0 Å². The van der Waals surface area contributed by atoms with E-state index in [0.29, 0.717) is 0 Å². The number of aliphatic hydroxyl groups is 4. The van der Waals surface area contributed by atoms with Gasteiger partial charge in [-0.25, -0.2) is 38.4 Å². The molecule has 0 atom stereocenters. The number of methoxy groups -OCH3 is 2. The standard InChI is InChI=1S/C11H18N2O10.C5H8O6.C3H2N2O2.CH4O2.4CH4/c1-18-3-8(14)21-7-22-9(15)4-20-10(16)12-5-13-11(17)23-6-19-2;6-1-4(8)10-3-11-5(9)2-7;6-2-4-1-5-3-7;2-1-3;;;;/h3-7H2,1-2H3,(H,12,16)(H,13,17);6-7H,1-3H2;1H2;2-3H,1H2;4*1H4. The molecule has 2 amide bonds. The molecule has 0 aromatic carbocycles. The number of carbonyl (C=O) groups is 6. The molecule has 0 unspecified atom stereocenters. The lowest BCUT2D eigenvalue weighted by Gasteiger charge is -2.09. The number of alkyl carbamates (subject to hydrolysis) is 2. The number of carbonyl (C=O) groups excluding carboxylic acids is 8. The van der Waals surface area contributed by atoms with Crippen molar-refractivity contribution in [3.8, 4) is 0 Å². The first kappa shape index (κ1) is 61.9. The molecule has 0 aliphatic carbocycles. The monoisotopic (exact) mass is 712 g/mol. The number of aliphatic imine (C=N–C) groups is 2. The largest absolute Gasteiger partial charge is 0.438 e. The molecule has 0 fully saturated rings. The molecule has 48 heavy (non-hydrogen) atoms. The van der Waals surface area contributed by atoms with Gasteiger partial charge in [0.05, 0.1) is 6.67 Å². The third-order valence-corrected chi connectivity index (χ3v) is 2.76.